The molecule has 1 unspecified atom stereocenters. The number of hydrogen-bond acceptors (Lipinski definition) is 5. The molecular weight excluding hydrogens is 639 g/mol. The first-order chi connectivity index (χ1) is 23.3. The molecular formula is C36H44F3N5O5. The number of carbonyl (C=O) groups excluding carboxylic acids is 1. The monoisotopic (exact) mass is 683 g/mol. The molecule has 1 aromatic heterocycles. The molecule has 6 rings (SSSR count). The smallest absolute Gasteiger partial charge is 0.407 e. The van der Waals surface area contributed by atoms with E-state index in [4.69, 9.17) is 9.72 Å². The van der Waals surface area contributed by atoms with Gasteiger partial charge in [0.1, 0.15) is 23.6 Å². The maximum atomic E-state index is 16.1. The van der Waals surface area contributed by atoms with Crippen molar-refractivity contribution in [2.45, 2.75) is 64.5 Å². The lowest BCUT2D eigenvalue weighted by atomic mass is 9.78. The highest BCUT2D eigenvalue weighted by Crippen LogP contribution is 2.43. The fourth-order valence-electron chi connectivity index (χ4n) is 7.75. The maximum absolute atomic E-state index is 16.1. The van der Waals surface area contributed by atoms with Crippen LogP contribution in [0.25, 0.3) is 11.3 Å². The third-order valence-electron chi connectivity index (χ3n) is 10.0. The lowest BCUT2D eigenvalue weighted by Crippen LogP contribution is -2.60. The van der Waals surface area contributed by atoms with E-state index in [-0.39, 0.29) is 43.4 Å². The molecule has 0 radical (unpaired) electrons. The first-order valence-corrected chi connectivity index (χ1v) is 16.8. The number of aliphatic hydroxyl groups is 1. The summed E-state index contributed by atoms with van der Waals surface area (Å²) in [6, 6.07) is 10.8. The Balaban J connectivity index is 1.51. The molecule has 264 valence electrons. The van der Waals surface area contributed by atoms with Crippen molar-refractivity contribution in [2.75, 3.05) is 39.4 Å². The van der Waals surface area contributed by atoms with E-state index < -0.39 is 59.5 Å². The van der Waals surface area contributed by atoms with Crippen LogP contribution < -0.4 is 0 Å². The summed E-state index contributed by atoms with van der Waals surface area (Å²) < 4.78 is 53.3. The van der Waals surface area contributed by atoms with Gasteiger partial charge in [-0.2, -0.15) is 0 Å². The second kappa shape index (κ2) is 14.0. The van der Waals surface area contributed by atoms with E-state index in [0.29, 0.717) is 38.4 Å². The van der Waals surface area contributed by atoms with Gasteiger partial charge in [0, 0.05) is 50.0 Å². The number of aromatic nitrogens is 2. The number of nitrogens with zero attached hydrogens (tertiary/aromatic N) is 5. The summed E-state index contributed by atoms with van der Waals surface area (Å²) in [7, 11) is 0. The first-order valence-electron chi connectivity index (χ1n) is 16.8. The summed E-state index contributed by atoms with van der Waals surface area (Å²) in [5.74, 6) is -1.95. The van der Waals surface area contributed by atoms with E-state index in [1.54, 1.807) is 11.1 Å². The first kappa shape index (κ1) is 34.8. The van der Waals surface area contributed by atoms with Crippen LogP contribution in [0.2, 0.25) is 0 Å². The quantitative estimate of drug-likeness (QED) is 0.311. The number of amides is 3. The van der Waals surface area contributed by atoms with Crippen LogP contribution in [0.5, 0.6) is 0 Å². The van der Waals surface area contributed by atoms with Crippen molar-refractivity contribution in [3.05, 3.63) is 77.8 Å². The molecule has 4 heterocycles. The molecule has 3 aromatic rings. The minimum atomic E-state index is -1.55. The minimum absolute atomic E-state index is 0.0351. The number of imidazole rings is 1. The predicted octanol–water partition coefficient (Wildman–Crippen LogP) is 5.81. The van der Waals surface area contributed by atoms with Crippen LogP contribution in [0.4, 0.5) is 22.8 Å². The van der Waals surface area contributed by atoms with Crippen LogP contribution in [0.3, 0.4) is 0 Å². The van der Waals surface area contributed by atoms with E-state index >= 15 is 8.78 Å². The number of halogens is 3. The molecule has 4 atom stereocenters. The van der Waals surface area contributed by atoms with Gasteiger partial charge >= 0.3 is 12.1 Å². The molecule has 49 heavy (non-hydrogen) atoms. The van der Waals surface area contributed by atoms with Gasteiger partial charge in [-0.25, -0.2) is 27.7 Å². The summed E-state index contributed by atoms with van der Waals surface area (Å²) >= 11 is 0. The molecule has 3 amide bonds. The Labute approximate surface area is 284 Å². The van der Waals surface area contributed by atoms with E-state index in [2.05, 4.69) is 0 Å². The number of β-amino-alcohol motifs (C(OH)–C–C–N with tert-alkyl or cyclic N) is 1. The lowest BCUT2D eigenvalue weighted by Gasteiger charge is -2.46. The lowest BCUT2D eigenvalue weighted by molar-refractivity contribution is -0.0136. The van der Waals surface area contributed by atoms with Crippen molar-refractivity contribution in [1.82, 2.24) is 24.3 Å². The zero-order valence-electron chi connectivity index (χ0n) is 28.0. The Hall–Kier alpha value is -4.10. The molecule has 3 saturated heterocycles. The van der Waals surface area contributed by atoms with E-state index in [1.165, 1.54) is 4.90 Å². The van der Waals surface area contributed by atoms with Crippen molar-refractivity contribution in [3.63, 3.8) is 0 Å². The molecule has 0 aliphatic carbocycles. The van der Waals surface area contributed by atoms with Crippen LogP contribution >= 0.6 is 0 Å². The third-order valence-corrected chi connectivity index (χ3v) is 10.0. The molecule has 0 bridgehead atoms. The average Bonchev–Trinajstić information content (AvgIpc) is 3.61. The van der Waals surface area contributed by atoms with Crippen molar-refractivity contribution in [1.29, 1.82) is 0 Å². The average molecular weight is 684 g/mol. The van der Waals surface area contributed by atoms with E-state index in [1.807, 2.05) is 55.7 Å². The molecule has 0 saturated carbocycles. The Morgan fingerprint density at radius 1 is 1.06 bits per heavy atom. The molecule has 2 N–H and O–H groups in total. The van der Waals surface area contributed by atoms with Gasteiger partial charge in [0.25, 0.3) is 0 Å². The number of aliphatic hydroxyl groups excluding tert-OH is 1. The number of ether oxygens (including phenoxy) is 1. The highest BCUT2D eigenvalue weighted by molar-refractivity contribution is 5.76. The summed E-state index contributed by atoms with van der Waals surface area (Å²) in [4.78, 5) is 36.1. The van der Waals surface area contributed by atoms with Gasteiger partial charge < -0.3 is 34.2 Å². The van der Waals surface area contributed by atoms with Crippen molar-refractivity contribution in [3.8, 4) is 11.3 Å². The molecule has 0 spiro atoms. The molecule has 10 nitrogen and oxygen atoms in total. The second-order valence-electron chi connectivity index (χ2n) is 14.5. The molecule has 13 heteroatoms. The number of alkyl halides is 1. The van der Waals surface area contributed by atoms with Crippen LogP contribution in [0, 0.1) is 28.9 Å². The van der Waals surface area contributed by atoms with Crippen LogP contribution in [-0.2, 0) is 11.3 Å². The zero-order chi connectivity index (χ0) is 35.0. The number of benzene rings is 2. The number of urea groups is 1. The van der Waals surface area contributed by atoms with E-state index in [9.17, 15) is 24.2 Å². The predicted molar refractivity (Wildman–Crippen MR) is 175 cm³/mol. The SMILES string of the molecule is CC(C)(C)C1[C@@H](CN(C(=O)N2CC(O)C2)[C@@H](c2nc(-c3cc(F)ccc3F)cn2Cc2ccccc2)C2CCOCC2)[C@@H](F)CN1C(=O)O. The Bertz CT molecular complexity index is 1640. The fourth-order valence-corrected chi connectivity index (χ4v) is 7.75. The van der Waals surface area contributed by atoms with Gasteiger partial charge in [-0.15, -0.1) is 0 Å². The van der Waals surface area contributed by atoms with Gasteiger partial charge in [-0.05, 0) is 47.9 Å². The fraction of sp³-hybridized carbons (Fsp3) is 0.528. The number of hydrogen-bond donors (Lipinski definition) is 2. The largest absolute Gasteiger partial charge is 0.465 e. The summed E-state index contributed by atoms with van der Waals surface area (Å²) in [5.41, 5.74) is 0.396. The maximum Gasteiger partial charge on any atom is 0.407 e. The number of likely N-dealkylation sites (tertiary alicyclic amines) is 2. The normalized spacial score (nSPS) is 22.6. The standard InChI is InChI=1S/C36H44F3N5O5/c1-36(2,3)32-27(29(39)20-44(32)35(47)48)19-43(34(46)42-17-25(45)18-42)31(23-11-13-49-14-12-23)33-40-30(26-15-24(37)9-10-28(26)38)21-41(33)16-22-7-5-4-6-8-22/h4-10,15,21,23,25,27,29,31-32,45H,11-14,16-20H2,1-3H3,(H,47,48)/t27-,29-,31+,32?/m0/s1. The third kappa shape index (κ3) is 7.28. The summed E-state index contributed by atoms with van der Waals surface area (Å²) in [6.45, 7) is 6.48. The molecule has 2 aromatic carbocycles. The Morgan fingerprint density at radius 3 is 2.39 bits per heavy atom. The number of carbonyl (C=O) groups is 2. The highest BCUT2D eigenvalue weighted by atomic mass is 19.1. The molecule has 3 fully saturated rings. The van der Waals surface area contributed by atoms with Crippen LogP contribution in [0.1, 0.15) is 51.0 Å². The number of carboxylic acid groups (broad SMARTS) is 1. The topological polar surface area (TPSA) is 111 Å². The number of rotatable bonds is 8. The van der Waals surface area contributed by atoms with Crippen molar-refractivity contribution < 1.29 is 37.7 Å². The molecule has 3 aliphatic rings. The van der Waals surface area contributed by atoms with Crippen LogP contribution in [0.15, 0.2) is 54.7 Å². The zero-order valence-corrected chi connectivity index (χ0v) is 28.0. The Morgan fingerprint density at radius 2 is 1.76 bits per heavy atom. The highest BCUT2D eigenvalue weighted by Gasteiger charge is 2.52. The van der Waals surface area contributed by atoms with Gasteiger partial charge in [0.2, 0.25) is 0 Å². The second-order valence-corrected chi connectivity index (χ2v) is 14.5. The van der Waals surface area contributed by atoms with Crippen LogP contribution in [-0.4, -0.2) is 104 Å². The Kier molecular flexibility index (Phi) is 9.95. The molecule has 3 aliphatic heterocycles. The minimum Gasteiger partial charge on any atom is -0.465 e. The van der Waals surface area contributed by atoms with Crippen molar-refractivity contribution in [2.24, 2.45) is 17.3 Å². The summed E-state index contributed by atoms with van der Waals surface area (Å²) in [5, 5.41) is 20.2. The summed E-state index contributed by atoms with van der Waals surface area (Å²) in [6.07, 6.45) is -0.719. The van der Waals surface area contributed by atoms with Gasteiger partial charge in [-0.1, -0.05) is 51.1 Å². The van der Waals surface area contributed by atoms with E-state index in [0.717, 1.165) is 28.7 Å². The van der Waals surface area contributed by atoms with Crippen molar-refractivity contribution >= 4 is 12.1 Å². The van der Waals surface area contributed by atoms with Gasteiger partial charge in [0.15, 0.2) is 0 Å². The van der Waals surface area contributed by atoms with Gasteiger partial charge in [-0.3, -0.25) is 0 Å². The van der Waals surface area contributed by atoms with Gasteiger partial charge in [0.05, 0.1) is 37.5 Å².